The molecule has 2 aliphatic rings. The van der Waals surface area contributed by atoms with E-state index in [-0.39, 0.29) is 18.1 Å². The fraction of sp³-hybridized carbons (Fsp3) is 0.650. The van der Waals surface area contributed by atoms with Crippen LogP contribution in [0.2, 0.25) is 0 Å². The van der Waals surface area contributed by atoms with Crippen molar-refractivity contribution >= 4 is 5.91 Å². The lowest BCUT2D eigenvalue weighted by Gasteiger charge is -2.33. The molecule has 25 heavy (non-hydrogen) atoms. The second-order valence-electron chi connectivity index (χ2n) is 7.22. The van der Waals surface area contributed by atoms with Crippen LogP contribution in [0, 0.1) is 5.92 Å². The van der Waals surface area contributed by atoms with E-state index in [1.54, 1.807) is 7.11 Å². The van der Waals surface area contributed by atoms with Crippen molar-refractivity contribution in [3.63, 3.8) is 0 Å². The van der Waals surface area contributed by atoms with E-state index in [1.807, 2.05) is 17.0 Å². The Bertz CT molecular complexity index is 553. The van der Waals surface area contributed by atoms with E-state index >= 15 is 0 Å². The quantitative estimate of drug-likeness (QED) is 0.859. The Morgan fingerprint density at radius 3 is 2.52 bits per heavy atom. The number of carbonyl (C=O) groups excluding carboxylic acids is 1. The summed E-state index contributed by atoms with van der Waals surface area (Å²) in [6, 6.07) is 8.32. The number of amides is 1. The number of hydrogen-bond acceptors (Lipinski definition) is 4. The van der Waals surface area contributed by atoms with E-state index in [4.69, 9.17) is 15.2 Å². The zero-order valence-corrected chi connectivity index (χ0v) is 15.2. The monoisotopic (exact) mass is 346 g/mol. The molecular weight excluding hydrogens is 316 g/mol. The van der Waals surface area contributed by atoms with Crippen LogP contribution in [0.15, 0.2) is 24.3 Å². The van der Waals surface area contributed by atoms with Crippen molar-refractivity contribution in [3.8, 4) is 5.75 Å². The Hall–Kier alpha value is -1.59. The van der Waals surface area contributed by atoms with Crippen LogP contribution in [-0.4, -0.2) is 49.8 Å². The van der Waals surface area contributed by atoms with E-state index in [2.05, 4.69) is 12.1 Å². The summed E-state index contributed by atoms with van der Waals surface area (Å²) in [7, 11) is 1.69. The van der Waals surface area contributed by atoms with Gasteiger partial charge in [0.05, 0.1) is 13.2 Å². The van der Waals surface area contributed by atoms with Crippen LogP contribution < -0.4 is 10.5 Å². The standard InChI is InChI=1S/C20H30N2O3/c1-24-17-6-4-15(5-7-17)2-3-16-10-12-22(13-11-16)20(23)19-9-8-18(14-21)25-19/h4-7,16,18-19H,2-3,8-14,21H2,1H3/t18-,19+/m1/s1. The second-order valence-corrected chi connectivity index (χ2v) is 7.22. The number of likely N-dealkylation sites (tertiary alicyclic amines) is 1. The molecule has 2 saturated heterocycles. The SMILES string of the molecule is COc1ccc(CCC2CCN(C(=O)[C@@H]3CC[C@H](CN)O3)CC2)cc1. The normalized spacial score (nSPS) is 24.5. The van der Waals surface area contributed by atoms with E-state index in [0.717, 1.165) is 50.9 Å². The molecule has 2 N–H and O–H groups in total. The van der Waals surface area contributed by atoms with Crippen molar-refractivity contribution in [1.82, 2.24) is 4.90 Å². The van der Waals surface area contributed by atoms with Gasteiger partial charge in [0.1, 0.15) is 11.9 Å². The van der Waals surface area contributed by atoms with Gasteiger partial charge in [-0.2, -0.15) is 0 Å². The summed E-state index contributed by atoms with van der Waals surface area (Å²) in [5.41, 5.74) is 6.99. The Morgan fingerprint density at radius 2 is 1.92 bits per heavy atom. The average molecular weight is 346 g/mol. The second kappa shape index (κ2) is 8.68. The zero-order valence-electron chi connectivity index (χ0n) is 15.2. The molecule has 3 rings (SSSR count). The third-order valence-electron chi connectivity index (χ3n) is 5.57. The lowest BCUT2D eigenvalue weighted by atomic mass is 9.90. The Labute approximate surface area is 150 Å². The van der Waals surface area contributed by atoms with Gasteiger partial charge >= 0.3 is 0 Å². The average Bonchev–Trinajstić information content (AvgIpc) is 3.16. The predicted octanol–water partition coefficient (Wildman–Crippen LogP) is 2.37. The van der Waals surface area contributed by atoms with Crippen LogP contribution >= 0.6 is 0 Å². The summed E-state index contributed by atoms with van der Waals surface area (Å²) in [6.07, 6.45) is 5.99. The molecule has 1 aromatic rings. The molecule has 2 atom stereocenters. The molecule has 0 aliphatic carbocycles. The van der Waals surface area contributed by atoms with E-state index in [1.165, 1.54) is 12.0 Å². The molecule has 2 aliphatic heterocycles. The Balaban J connectivity index is 1.40. The van der Waals surface area contributed by atoms with E-state index < -0.39 is 0 Å². The van der Waals surface area contributed by atoms with Crippen LogP contribution in [0.3, 0.4) is 0 Å². The molecule has 0 unspecified atom stereocenters. The highest BCUT2D eigenvalue weighted by Gasteiger charge is 2.34. The minimum atomic E-state index is -0.260. The van der Waals surface area contributed by atoms with Crippen LogP contribution in [0.25, 0.3) is 0 Å². The topological polar surface area (TPSA) is 64.8 Å². The third-order valence-corrected chi connectivity index (χ3v) is 5.57. The first-order valence-electron chi connectivity index (χ1n) is 9.47. The third kappa shape index (κ3) is 4.73. The van der Waals surface area contributed by atoms with Gasteiger partial charge in [0, 0.05) is 19.6 Å². The van der Waals surface area contributed by atoms with Crippen molar-refractivity contribution in [2.24, 2.45) is 11.7 Å². The van der Waals surface area contributed by atoms with Crippen molar-refractivity contribution in [2.45, 2.75) is 50.7 Å². The summed E-state index contributed by atoms with van der Waals surface area (Å²) in [4.78, 5) is 14.6. The number of nitrogens with two attached hydrogens (primary N) is 1. The number of benzene rings is 1. The van der Waals surface area contributed by atoms with E-state index in [0.29, 0.717) is 12.5 Å². The minimum absolute atomic E-state index is 0.0657. The smallest absolute Gasteiger partial charge is 0.251 e. The maximum atomic E-state index is 12.6. The maximum absolute atomic E-state index is 12.6. The largest absolute Gasteiger partial charge is 0.497 e. The number of hydrogen-bond donors (Lipinski definition) is 1. The van der Waals surface area contributed by atoms with Crippen LogP contribution in [-0.2, 0) is 16.0 Å². The molecule has 5 heteroatoms. The predicted molar refractivity (Wildman–Crippen MR) is 97.6 cm³/mol. The molecule has 0 bridgehead atoms. The molecule has 5 nitrogen and oxygen atoms in total. The van der Waals surface area contributed by atoms with Crippen molar-refractivity contribution in [1.29, 1.82) is 0 Å². The van der Waals surface area contributed by atoms with Crippen LogP contribution in [0.1, 0.15) is 37.7 Å². The van der Waals surface area contributed by atoms with Crippen LogP contribution in [0.5, 0.6) is 5.75 Å². The summed E-state index contributed by atoms with van der Waals surface area (Å²) >= 11 is 0. The molecule has 2 heterocycles. The number of ether oxygens (including phenoxy) is 2. The number of piperidine rings is 1. The summed E-state index contributed by atoms with van der Waals surface area (Å²) < 4.78 is 10.9. The van der Waals surface area contributed by atoms with Gasteiger partial charge in [-0.3, -0.25) is 4.79 Å². The molecule has 0 saturated carbocycles. The molecule has 0 aromatic heterocycles. The zero-order chi connectivity index (χ0) is 17.6. The summed E-state index contributed by atoms with van der Waals surface area (Å²) in [6.45, 7) is 2.23. The van der Waals surface area contributed by atoms with Gasteiger partial charge in [-0.05, 0) is 62.1 Å². The number of carbonyl (C=O) groups is 1. The molecular formula is C20H30N2O3. The van der Waals surface area contributed by atoms with Gasteiger partial charge < -0.3 is 20.1 Å². The Kier molecular flexibility index (Phi) is 6.32. The molecule has 2 fully saturated rings. The molecule has 0 radical (unpaired) electrons. The first-order chi connectivity index (χ1) is 12.2. The highest BCUT2D eigenvalue weighted by Crippen LogP contribution is 2.26. The first-order valence-corrected chi connectivity index (χ1v) is 9.47. The lowest BCUT2D eigenvalue weighted by molar-refractivity contribution is -0.144. The minimum Gasteiger partial charge on any atom is -0.497 e. The first kappa shape index (κ1) is 18.2. The van der Waals surface area contributed by atoms with Crippen molar-refractivity contribution < 1.29 is 14.3 Å². The fourth-order valence-electron chi connectivity index (χ4n) is 3.87. The maximum Gasteiger partial charge on any atom is 0.251 e. The molecule has 1 amide bonds. The summed E-state index contributed by atoms with van der Waals surface area (Å²) in [5, 5.41) is 0. The van der Waals surface area contributed by atoms with Gasteiger partial charge in [0.2, 0.25) is 0 Å². The summed E-state index contributed by atoms with van der Waals surface area (Å²) in [5.74, 6) is 1.78. The van der Waals surface area contributed by atoms with Crippen LogP contribution in [0.4, 0.5) is 0 Å². The number of methoxy groups -OCH3 is 1. The van der Waals surface area contributed by atoms with E-state index in [9.17, 15) is 4.79 Å². The molecule has 0 spiro atoms. The van der Waals surface area contributed by atoms with Gasteiger partial charge in [0.25, 0.3) is 5.91 Å². The highest BCUT2D eigenvalue weighted by molar-refractivity contribution is 5.81. The number of rotatable bonds is 6. The van der Waals surface area contributed by atoms with Gasteiger partial charge in [-0.1, -0.05) is 12.1 Å². The molecule has 138 valence electrons. The Morgan fingerprint density at radius 1 is 1.20 bits per heavy atom. The number of nitrogens with zero attached hydrogens (tertiary/aromatic N) is 1. The van der Waals surface area contributed by atoms with Crippen molar-refractivity contribution in [2.75, 3.05) is 26.7 Å². The van der Waals surface area contributed by atoms with Crippen molar-refractivity contribution in [3.05, 3.63) is 29.8 Å². The lowest BCUT2D eigenvalue weighted by Crippen LogP contribution is -2.44. The number of aryl methyl sites for hydroxylation is 1. The molecule has 1 aromatic carbocycles. The fourth-order valence-corrected chi connectivity index (χ4v) is 3.87. The van der Waals surface area contributed by atoms with Gasteiger partial charge in [0.15, 0.2) is 0 Å². The highest BCUT2D eigenvalue weighted by atomic mass is 16.5. The van der Waals surface area contributed by atoms with Gasteiger partial charge in [-0.15, -0.1) is 0 Å². The van der Waals surface area contributed by atoms with Gasteiger partial charge in [-0.25, -0.2) is 0 Å².